The van der Waals surface area contributed by atoms with Gasteiger partial charge in [0.2, 0.25) is 5.91 Å². The van der Waals surface area contributed by atoms with Crippen LogP contribution in [0.3, 0.4) is 0 Å². The summed E-state index contributed by atoms with van der Waals surface area (Å²) in [6.45, 7) is 0. The molecule has 6 heteroatoms. The molecule has 140 valence electrons. The Labute approximate surface area is 172 Å². The van der Waals surface area contributed by atoms with Crippen LogP contribution in [-0.2, 0) is 11.2 Å². The van der Waals surface area contributed by atoms with Crippen molar-refractivity contribution in [3.8, 4) is 0 Å². The van der Waals surface area contributed by atoms with Gasteiger partial charge in [0.1, 0.15) is 16.2 Å². The standard InChI is InChI=1S/C22H19N3OS2/c26-20(14-28-22-18-11-12-27-21(18)23-15-24-22)25-19(17-9-5-2-6-10-17)13-16-7-3-1-4-8-16/h1-12,15,19H,13-14H2,(H,25,26). The first-order valence-electron chi connectivity index (χ1n) is 8.99. The van der Waals surface area contributed by atoms with Gasteiger partial charge < -0.3 is 5.32 Å². The third-order valence-electron chi connectivity index (χ3n) is 4.38. The van der Waals surface area contributed by atoms with Gasteiger partial charge in [-0.25, -0.2) is 9.97 Å². The Morgan fingerprint density at radius 2 is 1.75 bits per heavy atom. The van der Waals surface area contributed by atoms with E-state index in [2.05, 4.69) is 39.6 Å². The highest BCUT2D eigenvalue weighted by molar-refractivity contribution is 8.00. The number of hydrogen-bond donors (Lipinski definition) is 1. The highest BCUT2D eigenvalue weighted by atomic mass is 32.2. The zero-order valence-corrected chi connectivity index (χ0v) is 16.7. The molecule has 2 heterocycles. The number of nitrogens with one attached hydrogen (secondary N) is 1. The summed E-state index contributed by atoms with van der Waals surface area (Å²) < 4.78 is 0. The second-order valence-corrected chi connectivity index (χ2v) is 8.19. The van der Waals surface area contributed by atoms with E-state index in [0.29, 0.717) is 5.75 Å². The second kappa shape index (κ2) is 8.99. The Balaban J connectivity index is 1.45. The molecule has 1 N–H and O–H groups in total. The molecule has 1 amide bonds. The molecule has 4 aromatic rings. The molecule has 0 aliphatic rings. The lowest BCUT2D eigenvalue weighted by Gasteiger charge is -2.19. The average Bonchev–Trinajstić information content (AvgIpc) is 3.23. The number of benzene rings is 2. The fraction of sp³-hybridized carbons (Fsp3) is 0.136. The van der Waals surface area contributed by atoms with Crippen molar-refractivity contribution < 1.29 is 4.79 Å². The molecule has 0 saturated heterocycles. The van der Waals surface area contributed by atoms with E-state index in [0.717, 1.165) is 27.2 Å². The van der Waals surface area contributed by atoms with Crippen LogP contribution in [-0.4, -0.2) is 21.6 Å². The van der Waals surface area contributed by atoms with E-state index in [1.54, 1.807) is 17.7 Å². The molecule has 4 nitrogen and oxygen atoms in total. The maximum absolute atomic E-state index is 12.7. The van der Waals surface area contributed by atoms with Crippen molar-refractivity contribution in [2.45, 2.75) is 17.5 Å². The van der Waals surface area contributed by atoms with Crippen LogP contribution in [0.4, 0.5) is 0 Å². The van der Waals surface area contributed by atoms with Crippen LogP contribution < -0.4 is 5.32 Å². The van der Waals surface area contributed by atoms with Crippen molar-refractivity contribution in [2.75, 3.05) is 5.75 Å². The summed E-state index contributed by atoms with van der Waals surface area (Å²) in [6.07, 6.45) is 2.31. The maximum Gasteiger partial charge on any atom is 0.230 e. The Kier molecular flexibility index (Phi) is 5.99. The van der Waals surface area contributed by atoms with Crippen molar-refractivity contribution in [2.24, 2.45) is 0 Å². The predicted molar refractivity (Wildman–Crippen MR) is 116 cm³/mol. The molecular weight excluding hydrogens is 386 g/mol. The molecule has 0 bridgehead atoms. The highest BCUT2D eigenvalue weighted by Crippen LogP contribution is 2.27. The maximum atomic E-state index is 12.7. The summed E-state index contributed by atoms with van der Waals surface area (Å²) in [6, 6.07) is 22.3. The molecule has 0 aliphatic heterocycles. The zero-order valence-electron chi connectivity index (χ0n) is 15.1. The molecule has 1 unspecified atom stereocenters. The highest BCUT2D eigenvalue weighted by Gasteiger charge is 2.16. The molecule has 0 saturated carbocycles. The number of rotatable bonds is 7. The van der Waals surface area contributed by atoms with Crippen molar-refractivity contribution in [1.29, 1.82) is 0 Å². The zero-order chi connectivity index (χ0) is 19.2. The third-order valence-corrected chi connectivity index (χ3v) is 6.21. The molecular formula is C22H19N3OS2. The van der Waals surface area contributed by atoms with Crippen LogP contribution in [0.15, 0.2) is 83.5 Å². The Morgan fingerprint density at radius 1 is 1.00 bits per heavy atom. The van der Waals surface area contributed by atoms with Gasteiger partial charge in [0.25, 0.3) is 0 Å². The fourth-order valence-electron chi connectivity index (χ4n) is 3.04. The van der Waals surface area contributed by atoms with E-state index < -0.39 is 0 Å². The number of hydrogen-bond acceptors (Lipinski definition) is 5. The largest absolute Gasteiger partial charge is 0.348 e. The minimum atomic E-state index is -0.0664. The number of amides is 1. The molecule has 1 atom stereocenters. The summed E-state index contributed by atoms with van der Waals surface area (Å²) in [4.78, 5) is 22.2. The minimum absolute atomic E-state index is 0.00299. The Morgan fingerprint density at radius 3 is 2.54 bits per heavy atom. The molecule has 0 fully saturated rings. The number of carbonyl (C=O) groups is 1. The van der Waals surface area contributed by atoms with Crippen LogP contribution >= 0.6 is 23.1 Å². The van der Waals surface area contributed by atoms with Gasteiger partial charge in [0, 0.05) is 5.39 Å². The first-order chi connectivity index (χ1) is 13.8. The molecule has 0 spiro atoms. The van der Waals surface area contributed by atoms with Gasteiger partial charge in [-0.3, -0.25) is 4.79 Å². The van der Waals surface area contributed by atoms with Gasteiger partial charge in [-0.05, 0) is 29.0 Å². The van der Waals surface area contributed by atoms with Crippen molar-refractivity contribution in [3.05, 3.63) is 89.6 Å². The first-order valence-corrected chi connectivity index (χ1v) is 10.9. The molecule has 0 aliphatic carbocycles. The molecule has 4 rings (SSSR count). The van der Waals surface area contributed by atoms with Crippen LogP contribution in [0.1, 0.15) is 17.2 Å². The Bertz CT molecular complexity index is 1050. The summed E-state index contributed by atoms with van der Waals surface area (Å²) >= 11 is 3.03. The molecule has 2 aromatic carbocycles. The topological polar surface area (TPSA) is 54.9 Å². The molecule has 28 heavy (non-hydrogen) atoms. The van der Waals surface area contributed by atoms with Crippen LogP contribution in [0, 0.1) is 0 Å². The van der Waals surface area contributed by atoms with E-state index >= 15 is 0 Å². The predicted octanol–water partition coefficient (Wildman–Crippen LogP) is 4.88. The van der Waals surface area contributed by atoms with Gasteiger partial charge in [-0.15, -0.1) is 11.3 Å². The lowest BCUT2D eigenvalue weighted by atomic mass is 9.99. The number of carbonyl (C=O) groups excluding carboxylic acids is 1. The van der Waals surface area contributed by atoms with Crippen LogP contribution in [0.2, 0.25) is 0 Å². The van der Waals surface area contributed by atoms with E-state index in [9.17, 15) is 4.79 Å². The van der Waals surface area contributed by atoms with Crippen molar-refractivity contribution in [1.82, 2.24) is 15.3 Å². The molecule has 2 aromatic heterocycles. The smallest absolute Gasteiger partial charge is 0.230 e. The van der Waals surface area contributed by atoms with E-state index in [1.165, 1.54) is 17.3 Å². The van der Waals surface area contributed by atoms with Gasteiger partial charge in [0.05, 0.1) is 11.8 Å². The normalized spacial score (nSPS) is 12.0. The van der Waals surface area contributed by atoms with E-state index in [4.69, 9.17) is 0 Å². The number of thiophene rings is 1. The van der Waals surface area contributed by atoms with E-state index in [-0.39, 0.29) is 11.9 Å². The molecule has 0 radical (unpaired) electrons. The first kappa shape index (κ1) is 18.7. The number of fused-ring (bicyclic) bond motifs is 1. The van der Waals surface area contributed by atoms with Gasteiger partial charge >= 0.3 is 0 Å². The fourth-order valence-corrected chi connectivity index (χ4v) is 4.63. The van der Waals surface area contributed by atoms with Gasteiger partial charge in [0.15, 0.2) is 0 Å². The summed E-state index contributed by atoms with van der Waals surface area (Å²) in [7, 11) is 0. The lowest BCUT2D eigenvalue weighted by molar-refractivity contribution is -0.119. The monoisotopic (exact) mass is 405 g/mol. The average molecular weight is 406 g/mol. The van der Waals surface area contributed by atoms with Gasteiger partial charge in [-0.2, -0.15) is 0 Å². The van der Waals surface area contributed by atoms with Crippen molar-refractivity contribution in [3.63, 3.8) is 0 Å². The summed E-state index contributed by atoms with van der Waals surface area (Å²) in [5.41, 5.74) is 2.30. The second-order valence-electron chi connectivity index (χ2n) is 6.33. The SMILES string of the molecule is O=C(CSc1ncnc2sccc12)NC(Cc1ccccc1)c1ccccc1. The quantitative estimate of drug-likeness (QED) is 0.352. The van der Waals surface area contributed by atoms with Crippen LogP contribution in [0.5, 0.6) is 0 Å². The van der Waals surface area contributed by atoms with Crippen LogP contribution in [0.25, 0.3) is 10.2 Å². The minimum Gasteiger partial charge on any atom is -0.348 e. The number of nitrogens with zero attached hydrogens (tertiary/aromatic N) is 2. The summed E-state index contributed by atoms with van der Waals surface area (Å²) in [5.74, 6) is 0.317. The lowest BCUT2D eigenvalue weighted by Crippen LogP contribution is -2.31. The summed E-state index contributed by atoms with van der Waals surface area (Å²) in [5, 5.41) is 7.04. The number of aromatic nitrogens is 2. The van der Waals surface area contributed by atoms with Crippen molar-refractivity contribution >= 4 is 39.2 Å². The Hall–Kier alpha value is -2.70. The number of thioether (sulfide) groups is 1. The van der Waals surface area contributed by atoms with Gasteiger partial charge in [-0.1, -0.05) is 72.4 Å². The third kappa shape index (κ3) is 4.58. The van der Waals surface area contributed by atoms with E-state index in [1.807, 2.05) is 47.8 Å².